The Morgan fingerprint density at radius 3 is 2.29 bits per heavy atom. The molecule has 0 aliphatic carbocycles. The SMILES string of the molecule is C[C@H](NC[C@@H](O)c1ccc([N+](=O)[O-])cc1)c1ccccc1. The van der Waals surface area contributed by atoms with Crippen LogP contribution in [0.5, 0.6) is 0 Å². The van der Waals surface area contributed by atoms with Crippen molar-refractivity contribution in [2.45, 2.75) is 19.1 Å². The Balaban J connectivity index is 1.92. The molecule has 5 heteroatoms. The van der Waals surface area contributed by atoms with Gasteiger partial charge in [0.2, 0.25) is 0 Å². The molecule has 5 nitrogen and oxygen atoms in total. The first-order valence-corrected chi connectivity index (χ1v) is 6.78. The topological polar surface area (TPSA) is 75.4 Å². The third-order valence-electron chi connectivity index (χ3n) is 3.41. The van der Waals surface area contributed by atoms with Gasteiger partial charge in [0.15, 0.2) is 0 Å². The van der Waals surface area contributed by atoms with Gasteiger partial charge >= 0.3 is 0 Å². The number of rotatable bonds is 6. The highest BCUT2D eigenvalue weighted by Gasteiger charge is 2.12. The summed E-state index contributed by atoms with van der Waals surface area (Å²) in [6, 6.07) is 16.0. The van der Waals surface area contributed by atoms with Crippen molar-refractivity contribution < 1.29 is 10.0 Å². The van der Waals surface area contributed by atoms with Crippen LogP contribution in [0.3, 0.4) is 0 Å². The van der Waals surface area contributed by atoms with E-state index in [4.69, 9.17) is 0 Å². The molecular formula is C16H18N2O3. The molecule has 0 amide bonds. The third kappa shape index (κ3) is 4.11. The fourth-order valence-electron chi connectivity index (χ4n) is 2.08. The van der Waals surface area contributed by atoms with E-state index in [1.54, 1.807) is 12.1 Å². The molecule has 0 heterocycles. The van der Waals surface area contributed by atoms with E-state index < -0.39 is 11.0 Å². The van der Waals surface area contributed by atoms with Gasteiger partial charge in [0.05, 0.1) is 11.0 Å². The number of non-ortho nitro benzene ring substituents is 1. The van der Waals surface area contributed by atoms with Gasteiger partial charge in [-0.15, -0.1) is 0 Å². The Bertz CT molecular complexity index is 584. The number of aliphatic hydroxyl groups excluding tert-OH is 1. The summed E-state index contributed by atoms with van der Waals surface area (Å²) in [7, 11) is 0. The molecule has 0 radical (unpaired) electrons. The van der Waals surface area contributed by atoms with Crippen LogP contribution in [0, 0.1) is 10.1 Å². The number of benzene rings is 2. The molecule has 2 N–H and O–H groups in total. The monoisotopic (exact) mass is 286 g/mol. The summed E-state index contributed by atoms with van der Waals surface area (Å²) < 4.78 is 0. The lowest BCUT2D eigenvalue weighted by molar-refractivity contribution is -0.384. The van der Waals surface area contributed by atoms with Crippen LogP contribution in [0.1, 0.15) is 30.2 Å². The maximum atomic E-state index is 10.6. The summed E-state index contributed by atoms with van der Waals surface area (Å²) in [5, 5.41) is 23.9. The molecule has 0 spiro atoms. The maximum absolute atomic E-state index is 10.6. The largest absolute Gasteiger partial charge is 0.387 e. The van der Waals surface area contributed by atoms with Gasteiger partial charge in [0, 0.05) is 24.7 Å². The van der Waals surface area contributed by atoms with Gasteiger partial charge in [0.25, 0.3) is 5.69 Å². The lowest BCUT2D eigenvalue weighted by atomic mass is 10.1. The average Bonchev–Trinajstić information content (AvgIpc) is 2.53. The molecule has 0 saturated carbocycles. The zero-order valence-electron chi connectivity index (χ0n) is 11.8. The van der Waals surface area contributed by atoms with Crippen molar-refractivity contribution in [2.24, 2.45) is 0 Å². The van der Waals surface area contributed by atoms with Crippen LogP contribution in [0.25, 0.3) is 0 Å². The lowest BCUT2D eigenvalue weighted by Gasteiger charge is -2.17. The van der Waals surface area contributed by atoms with Crippen LogP contribution in [0.15, 0.2) is 54.6 Å². The van der Waals surface area contributed by atoms with Gasteiger partial charge in [-0.05, 0) is 30.2 Å². The molecule has 2 aromatic rings. The van der Waals surface area contributed by atoms with Crippen LogP contribution in [-0.2, 0) is 0 Å². The van der Waals surface area contributed by atoms with Gasteiger partial charge in [-0.3, -0.25) is 10.1 Å². The second-order valence-corrected chi connectivity index (χ2v) is 4.91. The molecule has 0 fully saturated rings. The van der Waals surface area contributed by atoms with Crippen LogP contribution in [-0.4, -0.2) is 16.6 Å². The number of aliphatic hydroxyl groups is 1. The molecule has 0 aliphatic heterocycles. The molecule has 110 valence electrons. The molecule has 0 aliphatic rings. The first kappa shape index (κ1) is 15.2. The zero-order chi connectivity index (χ0) is 15.2. The van der Waals surface area contributed by atoms with E-state index >= 15 is 0 Å². The Kier molecular flexibility index (Phi) is 5.03. The molecule has 0 bridgehead atoms. The first-order valence-electron chi connectivity index (χ1n) is 6.78. The molecule has 21 heavy (non-hydrogen) atoms. The second-order valence-electron chi connectivity index (χ2n) is 4.91. The minimum Gasteiger partial charge on any atom is -0.387 e. The highest BCUT2D eigenvalue weighted by Crippen LogP contribution is 2.18. The van der Waals surface area contributed by atoms with Crippen molar-refractivity contribution in [1.82, 2.24) is 5.32 Å². The second kappa shape index (κ2) is 6.97. The van der Waals surface area contributed by atoms with Crippen molar-refractivity contribution in [3.8, 4) is 0 Å². The minimum absolute atomic E-state index is 0.0246. The van der Waals surface area contributed by atoms with Gasteiger partial charge in [-0.25, -0.2) is 0 Å². The van der Waals surface area contributed by atoms with Crippen molar-refractivity contribution in [1.29, 1.82) is 0 Å². The Hall–Kier alpha value is -2.24. The fourth-order valence-corrected chi connectivity index (χ4v) is 2.08. The summed E-state index contributed by atoms with van der Waals surface area (Å²) in [5.74, 6) is 0. The summed E-state index contributed by atoms with van der Waals surface area (Å²) in [6.07, 6.45) is -0.697. The third-order valence-corrected chi connectivity index (χ3v) is 3.41. The van der Waals surface area contributed by atoms with Gasteiger partial charge in [-0.2, -0.15) is 0 Å². The fraction of sp³-hybridized carbons (Fsp3) is 0.250. The summed E-state index contributed by atoms with van der Waals surface area (Å²) in [6.45, 7) is 2.41. The first-order chi connectivity index (χ1) is 10.1. The quantitative estimate of drug-likeness (QED) is 0.632. The highest BCUT2D eigenvalue weighted by molar-refractivity contribution is 5.33. The molecule has 0 saturated heterocycles. The number of nitro groups is 1. The maximum Gasteiger partial charge on any atom is 0.269 e. The summed E-state index contributed by atoms with van der Waals surface area (Å²) in [5.41, 5.74) is 1.83. The van der Waals surface area contributed by atoms with E-state index in [1.165, 1.54) is 12.1 Å². The van der Waals surface area contributed by atoms with Gasteiger partial charge in [0.1, 0.15) is 0 Å². The lowest BCUT2D eigenvalue weighted by Crippen LogP contribution is -2.24. The van der Waals surface area contributed by atoms with E-state index in [1.807, 2.05) is 37.3 Å². The number of hydrogen-bond donors (Lipinski definition) is 2. The van der Waals surface area contributed by atoms with E-state index in [0.717, 1.165) is 5.56 Å². The smallest absolute Gasteiger partial charge is 0.269 e. The van der Waals surface area contributed by atoms with Crippen LogP contribution < -0.4 is 5.32 Å². The standard InChI is InChI=1S/C16H18N2O3/c1-12(13-5-3-2-4-6-13)17-11-16(19)14-7-9-15(10-8-14)18(20)21/h2-10,12,16-17,19H,11H2,1H3/t12-,16+/m0/s1. The molecular weight excluding hydrogens is 268 g/mol. The van der Waals surface area contributed by atoms with Crippen molar-refractivity contribution in [2.75, 3.05) is 6.54 Å². The molecule has 0 unspecified atom stereocenters. The molecule has 2 rings (SSSR count). The van der Waals surface area contributed by atoms with Crippen LogP contribution in [0.2, 0.25) is 0 Å². The average molecular weight is 286 g/mol. The minimum atomic E-state index is -0.697. The van der Waals surface area contributed by atoms with Crippen molar-refractivity contribution in [3.05, 3.63) is 75.8 Å². The highest BCUT2D eigenvalue weighted by atomic mass is 16.6. The Labute approximate surface area is 123 Å². The number of hydrogen-bond acceptors (Lipinski definition) is 4. The molecule has 2 atom stereocenters. The van der Waals surface area contributed by atoms with Crippen LogP contribution >= 0.6 is 0 Å². The number of nitrogens with one attached hydrogen (secondary N) is 1. The predicted octanol–water partition coefficient (Wildman–Crippen LogP) is 2.98. The van der Waals surface area contributed by atoms with E-state index in [9.17, 15) is 15.2 Å². The number of nitrogens with zero attached hydrogens (tertiary/aromatic N) is 1. The van der Waals surface area contributed by atoms with E-state index in [-0.39, 0.29) is 11.7 Å². The summed E-state index contributed by atoms with van der Waals surface area (Å²) >= 11 is 0. The molecule has 2 aromatic carbocycles. The number of nitro benzene ring substituents is 1. The van der Waals surface area contributed by atoms with Crippen molar-refractivity contribution in [3.63, 3.8) is 0 Å². The Morgan fingerprint density at radius 2 is 1.71 bits per heavy atom. The van der Waals surface area contributed by atoms with Gasteiger partial charge in [-0.1, -0.05) is 30.3 Å². The predicted molar refractivity (Wildman–Crippen MR) is 80.9 cm³/mol. The molecule has 0 aromatic heterocycles. The van der Waals surface area contributed by atoms with E-state index in [2.05, 4.69) is 5.32 Å². The Morgan fingerprint density at radius 1 is 1.10 bits per heavy atom. The van der Waals surface area contributed by atoms with E-state index in [0.29, 0.717) is 12.1 Å². The van der Waals surface area contributed by atoms with Crippen molar-refractivity contribution >= 4 is 5.69 Å². The normalized spacial score (nSPS) is 13.6. The summed E-state index contributed by atoms with van der Waals surface area (Å²) in [4.78, 5) is 10.1. The van der Waals surface area contributed by atoms with Crippen LogP contribution in [0.4, 0.5) is 5.69 Å². The zero-order valence-corrected chi connectivity index (χ0v) is 11.8. The van der Waals surface area contributed by atoms with Gasteiger partial charge < -0.3 is 10.4 Å².